The van der Waals surface area contributed by atoms with Gasteiger partial charge in [0.1, 0.15) is 0 Å². The molecule has 88 valence electrons. The van der Waals surface area contributed by atoms with Crippen LogP contribution >= 0.6 is 0 Å². The lowest BCUT2D eigenvalue weighted by atomic mass is 10.1. The van der Waals surface area contributed by atoms with Crippen molar-refractivity contribution in [2.24, 2.45) is 0 Å². The second kappa shape index (κ2) is 5.11. The van der Waals surface area contributed by atoms with E-state index in [0.29, 0.717) is 0 Å². The largest absolute Gasteiger partial charge is 0.399 e. The summed E-state index contributed by atoms with van der Waals surface area (Å²) in [5.41, 5.74) is 15.4. The number of allylic oxidation sites excluding steroid dienone is 1. The van der Waals surface area contributed by atoms with Gasteiger partial charge in [0.25, 0.3) is 0 Å². The number of benzene rings is 2. The molecule has 2 aromatic rings. The zero-order valence-corrected chi connectivity index (χ0v) is 9.98. The van der Waals surface area contributed by atoms with Gasteiger partial charge < -0.3 is 11.5 Å². The predicted octanol–water partition coefficient (Wildman–Crippen LogP) is 2.92. The van der Waals surface area contributed by atoms with E-state index in [1.807, 2.05) is 48.5 Å². The van der Waals surface area contributed by atoms with E-state index in [2.05, 4.69) is 18.4 Å². The third kappa shape index (κ3) is 2.93. The van der Waals surface area contributed by atoms with E-state index in [1.54, 1.807) is 0 Å². The molecule has 2 heteroatoms. The van der Waals surface area contributed by atoms with E-state index in [4.69, 9.17) is 11.5 Å². The van der Waals surface area contributed by atoms with Gasteiger partial charge in [0, 0.05) is 22.5 Å². The molecule has 4 N–H and O–H groups in total. The molecule has 0 spiro atoms. The minimum absolute atomic E-state index is 0.734. The number of hydrogen-bond donors (Lipinski definition) is 2. The number of rotatable bonds is 1. The van der Waals surface area contributed by atoms with Gasteiger partial charge in [0.05, 0.1) is 0 Å². The fourth-order valence-electron chi connectivity index (χ4n) is 1.47. The van der Waals surface area contributed by atoms with Crippen LogP contribution in [0.15, 0.2) is 55.1 Å². The van der Waals surface area contributed by atoms with Crippen LogP contribution in [0.5, 0.6) is 0 Å². The summed E-state index contributed by atoms with van der Waals surface area (Å²) in [6.45, 7) is 3.95. The van der Waals surface area contributed by atoms with Gasteiger partial charge in [0.2, 0.25) is 0 Å². The summed E-state index contributed by atoms with van der Waals surface area (Å²) >= 11 is 0. The van der Waals surface area contributed by atoms with Crippen LogP contribution in [-0.2, 0) is 0 Å². The van der Waals surface area contributed by atoms with Gasteiger partial charge in [-0.3, -0.25) is 0 Å². The smallest absolute Gasteiger partial charge is 0.0314 e. The summed E-state index contributed by atoms with van der Waals surface area (Å²) in [4.78, 5) is 0. The van der Waals surface area contributed by atoms with E-state index < -0.39 is 0 Å². The van der Waals surface area contributed by atoms with Crippen molar-refractivity contribution in [3.05, 3.63) is 66.2 Å². The van der Waals surface area contributed by atoms with Crippen LogP contribution in [0.4, 0.5) is 11.4 Å². The number of anilines is 2. The highest BCUT2D eigenvalue weighted by Crippen LogP contribution is 2.13. The average molecular weight is 234 g/mol. The van der Waals surface area contributed by atoms with Gasteiger partial charge in [-0.15, -0.1) is 0 Å². The Morgan fingerprint density at radius 3 is 1.89 bits per heavy atom. The molecule has 0 aromatic heterocycles. The minimum Gasteiger partial charge on any atom is -0.399 e. The van der Waals surface area contributed by atoms with Crippen molar-refractivity contribution < 1.29 is 0 Å². The van der Waals surface area contributed by atoms with Gasteiger partial charge in [-0.05, 0) is 42.0 Å². The third-order valence-corrected chi connectivity index (χ3v) is 2.53. The Hall–Kier alpha value is -2.66. The van der Waals surface area contributed by atoms with Crippen LogP contribution < -0.4 is 11.5 Å². The molecule has 0 saturated carbocycles. The van der Waals surface area contributed by atoms with Crippen LogP contribution in [0.25, 0.3) is 5.57 Å². The predicted molar refractivity (Wildman–Crippen MR) is 77.6 cm³/mol. The molecular weight excluding hydrogens is 220 g/mol. The molecule has 0 aliphatic heterocycles. The second-order valence-corrected chi connectivity index (χ2v) is 3.97. The summed E-state index contributed by atoms with van der Waals surface area (Å²) in [7, 11) is 0. The minimum atomic E-state index is 0.734. The SMILES string of the molecule is C=C(C#Cc1ccc(N)cc1)c1ccc(N)cc1. The van der Waals surface area contributed by atoms with Gasteiger partial charge >= 0.3 is 0 Å². The quantitative estimate of drug-likeness (QED) is 0.589. The molecule has 0 bridgehead atoms. The highest BCUT2D eigenvalue weighted by molar-refractivity contribution is 5.78. The Balaban J connectivity index is 2.17. The molecule has 18 heavy (non-hydrogen) atoms. The maximum absolute atomic E-state index is 5.63. The van der Waals surface area contributed by atoms with Crippen molar-refractivity contribution in [1.29, 1.82) is 0 Å². The molecule has 0 fully saturated rings. The standard InChI is InChI=1S/C16H14N2/c1-12(14-6-10-16(18)11-7-14)2-3-13-4-8-15(17)9-5-13/h4-11H,1,17-18H2. The molecular formula is C16H14N2. The van der Waals surface area contributed by atoms with Gasteiger partial charge in [0.15, 0.2) is 0 Å². The molecule has 0 atom stereocenters. The lowest BCUT2D eigenvalue weighted by Crippen LogP contribution is -1.85. The fraction of sp³-hybridized carbons (Fsp3) is 0. The molecule has 2 aromatic carbocycles. The maximum atomic E-state index is 5.63. The monoisotopic (exact) mass is 234 g/mol. The zero-order valence-electron chi connectivity index (χ0n) is 9.98. The summed E-state index contributed by atoms with van der Waals surface area (Å²) in [6.07, 6.45) is 0. The molecule has 0 aliphatic rings. The van der Waals surface area contributed by atoms with Crippen LogP contribution in [-0.4, -0.2) is 0 Å². The molecule has 0 radical (unpaired) electrons. The highest BCUT2D eigenvalue weighted by Gasteiger charge is 1.94. The van der Waals surface area contributed by atoms with Crippen molar-refractivity contribution >= 4 is 16.9 Å². The lowest BCUT2D eigenvalue weighted by molar-refractivity contribution is 1.62. The first-order chi connectivity index (χ1) is 8.65. The molecule has 0 heterocycles. The third-order valence-electron chi connectivity index (χ3n) is 2.53. The molecule has 0 aliphatic carbocycles. The first kappa shape index (κ1) is 11.8. The van der Waals surface area contributed by atoms with Gasteiger partial charge in [-0.25, -0.2) is 0 Å². The van der Waals surface area contributed by atoms with Crippen molar-refractivity contribution in [2.45, 2.75) is 0 Å². The van der Waals surface area contributed by atoms with E-state index in [-0.39, 0.29) is 0 Å². The summed E-state index contributed by atoms with van der Waals surface area (Å²) in [5, 5.41) is 0. The Morgan fingerprint density at radius 1 is 0.833 bits per heavy atom. The highest BCUT2D eigenvalue weighted by atomic mass is 14.5. The van der Waals surface area contributed by atoms with Crippen molar-refractivity contribution in [3.8, 4) is 11.8 Å². The Kier molecular flexibility index (Phi) is 3.36. The maximum Gasteiger partial charge on any atom is 0.0314 e. The van der Waals surface area contributed by atoms with Gasteiger partial charge in [-0.1, -0.05) is 30.6 Å². The molecule has 2 nitrogen and oxygen atoms in total. The average Bonchev–Trinajstić information content (AvgIpc) is 2.38. The fourth-order valence-corrected chi connectivity index (χ4v) is 1.47. The summed E-state index contributed by atoms with van der Waals surface area (Å²) in [5.74, 6) is 6.08. The van der Waals surface area contributed by atoms with Gasteiger partial charge in [-0.2, -0.15) is 0 Å². The van der Waals surface area contributed by atoms with Crippen LogP contribution in [0, 0.1) is 11.8 Å². The molecule has 0 saturated heterocycles. The summed E-state index contributed by atoms with van der Waals surface area (Å²) < 4.78 is 0. The molecule has 0 unspecified atom stereocenters. The first-order valence-corrected chi connectivity index (χ1v) is 5.57. The first-order valence-electron chi connectivity index (χ1n) is 5.57. The second-order valence-electron chi connectivity index (χ2n) is 3.97. The van der Waals surface area contributed by atoms with E-state index >= 15 is 0 Å². The van der Waals surface area contributed by atoms with E-state index in [0.717, 1.165) is 28.1 Å². The van der Waals surface area contributed by atoms with E-state index in [1.165, 1.54) is 0 Å². The van der Waals surface area contributed by atoms with Crippen molar-refractivity contribution in [2.75, 3.05) is 11.5 Å². The zero-order chi connectivity index (χ0) is 13.0. The Labute approximate surface area is 107 Å². The number of hydrogen-bond acceptors (Lipinski definition) is 2. The van der Waals surface area contributed by atoms with Crippen LogP contribution in [0.3, 0.4) is 0 Å². The Bertz CT molecular complexity index is 611. The van der Waals surface area contributed by atoms with Crippen LogP contribution in [0.1, 0.15) is 11.1 Å². The molecule has 2 rings (SSSR count). The normalized spacial score (nSPS) is 9.33. The van der Waals surface area contributed by atoms with Crippen LogP contribution in [0.2, 0.25) is 0 Å². The van der Waals surface area contributed by atoms with E-state index in [9.17, 15) is 0 Å². The van der Waals surface area contributed by atoms with Crippen molar-refractivity contribution in [3.63, 3.8) is 0 Å². The lowest BCUT2D eigenvalue weighted by Gasteiger charge is -1.98. The number of nitrogens with two attached hydrogens (primary N) is 2. The molecule has 0 amide bonds. The Morgan fingerprint density at radius 2 is 1.33 bits per heavy atom. The number of nitrogen functional groups attached to an aromatic ring is 2. The summed E-state index contributed by atoms with van der Waals surface area (Å²) in [6, 6.07) is 14.9. The van der Waals surface area contributed by atoms with Crippen molar-refractivity contribution in [1.82, 2.24) is 0 Å². The topological polar surface area (TPSA) is 52.0 Å².